The molecule has 2 atom stereocenters. The second kappa shape index (κ2) is 23.2. The Morgan fingerprint density at radius 1 is 0.955 bits per heavy atom. The lowest BCUT2D eigenvalue weighted by Gasteiger charge is -2.42. The minimum absolute atomic E-state index is 0.0447. The van der Waals surface area contributed by atoms with E-state index in [-0.39, 0.29) is 59.1 Å². The summed E-state index contributed by atoms with van der Waals surface area (Å²) in [5.74, 6) is 0.859. The molecule has 7 rings (SSSR count). The van der Waals surface area contributed by atoms with Gasteiger partial charge in [0.1, 0.15) is 17.3 Å². The second-order valence-electron chi connectivity index (χ2n) is 18.5. The molecule has 1 aromatic heterocycles. The Bertz CT molecular complexity index is 2270. The Morgan fingerprint density at radius 2 is 1.75 bits per heavy atom. The number of likely N-dealkylation sites (tertiary alicyclic amines) is 1. The van der Waals surface area contributed by atoms with E-state index >= 15 is 4.39 Å². The summed E-state index contributed by atoms with van der Waals surface area (Å²) in [6.45, 7) is 11.0. The van der Waals surface area contributed by atoms with Crippen molar-refractivity contribution in [3.8, 4) is 5.75 Å². The number of hydrogen-bond donors (Lipinski definition) is 3. The van der Waals surface area contributed by atoms with Gasteiger partial charge in [0.15, 0.2) is 0 Å². The van der Waals surface area contributed by atoms with Gasteiger partial charge in [0.25, 0.3) is 0 Å². The Kier molecular flexibility index (Phi) is 17.2. The first kappa shape index (κ1) is 49.7. The number of Topliss-reactive ketones (excluding diaryl/α,β-unsaturated/α-hetero) is 1. The van der Waals surface area contributed by atoms with Gasteiger partial charge in [-0.2, -0.15) is 5.10 Å². The first-order valence-electron chi connectivity index (χ1n) is 23.4. The maximum absolute atomic E-state index is 15.0. The second-order valence-corrected chi connectivity index (χ2v) is 21.6. The van der Waals surface area contributed by atoms with Crippen molar-refractivity contribution in [1.82, 2.24) is 30.4 Å². The number of nitrogens with one attached hydrogen (secondary N) is 3. The van der Waals surface area contributed by atoms with E-state index in [2.05, 4.69) is 35.9 Å². The van der Waals surface area contributed by atoms with Crippen molar-refractivity contribution in [1.29, 1.82) is 0 Å². The fourth-order valence-corrected chi connectivity index (χ4v) is 11.4. The summed E-state index contributed by atoms with van der Waals surface area (Å²) in [5, 5.41) is 10.2. The quantitative estimate of drug-likeness (QED) is 0.0655. The molecule has 2 saturated heterocycles. The normalized spacial score (nSPS) is 19.4. The molecule has 1 saturated carbocycles. The van der Waals surface area contributed by atoms with Crippen LogP contribution in [-0.4, -0.2) is 131 Å². The molecule has 15 nitrogen and oxygen atoms in total. The molecular formula is C49H64FN9O6S2. The van der Waals surface area contributed by atoms with Crippen LogP contribution in [0, 0.1) is 11.7 Å². The molecule has 360 valence electrons. The van der Waals surface area contributed by atoms with Crippen molar-refractivity contribution in [3.05, 3.63) is 83.4 Å². The maximum Gasteiger partial charge on any atom is 0.317 e. The number of fused-ring (bicyclic) bond motifs is 1. The van der Waals surface area contributed by atoms with Gasteiger partial charge in [0.2, 0.25) is 17.7 Å². The van der Waals surface area contributed by atoms with Gasteiger partial charge in [-0.3, -0.25) is 24.3 Å². The number of anilines is 2. The average molecular weight is 958 g/mol. The molecule has 3 N–H and O–H groups in total. The van der Waals surface area contributed by atoms with Crippen molar-refractivity contribution >= 4 is 68.2 Å². The van der Waals surface area contributed by atoms with Crippen LogP contribution in [0.5, 0.6) is 5.75 Å². The molecule has 1 aliphatic carbocycles. The van der Waals surface area contributed by atoms with E-state index in [1.54, 1.807) is 57.9 Å². The molecule has 5 amide bonds. The zero-order valence-electron chi connectivity index (χ0n) is 39.1. The lowest BCUT2D eigenvalue weighted by Crippen LogP contribution is -2.55. The number of carbonyl (C=O) groups is 5. The molecule has 3 aliphatic heterocycles. The smallest absolute Gasteiger partial charge is 0.317 e. The summed E-state index contributed by atoms with van der Waals surface area (Å²) in [6, 6.07) is 14.3. The molecule has 3 fully saturated rings. The average Bonchev–Trinajstić information content (AvgIpc) is 4.13. The first-order chi connectivity index (χ1) is 32.2. The number of pyridine rings is 1. The van der Waals surface area contributed by atoms with Crippen molar-refractivity contribution in [2.45, 2.75) is 95.4 Å². The van der Waals surface area contributed by atoms with Gasteiger partial charge in [0.05, 0.1) is 12.3 Å². The van der Waals surface area contributed by atoms with Crippen LogP contribution < -0.4 is 25.7 Å². The Morgan fingerprint density at radius 3 is 2.48 bits per heavy atom. The van der Waals surface area contributed by atoms with Gasteiger partial charge in [-0.15, -0.1) is 0 Å². The molecular weight excluding hydrogens is 894 g/mol. The lowest BCUT2D eigenvalue weighted by atomic mass is 10.00. The highest BCUT2D eigenvalue weighted by molar-refractivity contribution is 8.77. The fraction of sp³-hybridized carbons (Fsp3) is 0.531. The third kappa shape index (κ3) is 14.2. The molecule has 4 heterocycles. The van der Waals surface area contributed by atoms with Gasteiger partial charge < -0.3 is 34.9 Å². The monoisotopic (exact) mass is 957 g/mol. The molecule has 0 bridgehead atoms. The summed E-state index contributed by atoms with van der Waals surface area (Å²) in [6.07, 6.45) is 8.45. The molecule has 18 heteroatoms. The largest absolute Gasteiger partial charge is 0.494 e. The number of benzene rings is 2. The van der Waals surface area contributed by atoms with E-state index in [4.69, 9.17) is 4.74 Å². The topological polar surface area (TPSA) is 169 Å². The standard InChI is InChI=1S/C49H64FN9O6S2/c1-33(60)7-6-25-65-38-11-12-39-43(15-18-56(4)44(39)28-38)54-55-45(61)30-49(2,3)67-66-26-16-46(62)58-23-21-57(22-24-58)37-13-19-59(20-14-37)48(64)52-32-35-9-10-36(27-42(35)50)53-47(63)41-29-40(41)34-8-5-17-51-31-34/h5,8-12,17,27-28,31,37,40-41H,6-7,13-16,18-26,29-30,32H2,1-4H3,(H,52,64)(H,53,63)(H,55,61)/b54-43+/t40-,41+/m1/s1. The van der Waals surface area contributed by atoms with Crippen LogP contribution in [0.15, 0.2) is 66.0 Å². The summed E-state index contributed by atoms with van der Waals surface area (Å²) in [4.78, 5) is 75.6. The van der Waals surface area contributed by atoms with Gasteiger partial charge in [-0.25, -0.2) is 14.6 Å². The van der Waals surface area contributed by atoms with E-state index in [9.17, 15) is 24.0 Å². The summed E-state index contributed by atoms with van der Waals surface area (Å²) in [5.41, 5.74) is 7.30. The zero-order chi connectivity index (χ0) is 47.5. The minimum Gasteiger partial charge on any atom is -0.494 e. The predicted octanol–water partition coefficient (Wildman–Crippen LogP) is 6.83. The molecule has 67 heavy (non-hydrogen) atoms. The number of halogens is 1. The van der Waals surface area contributed by atoms with Crippen LogP contribution in [-0.2, 0) is 25.7 Å². The number of piperazine rings is 1. The van der Waals surface area contributed by atoms with Crippen LogP contribution >= 0.6 is 21.6 Å². The van der Waals surface area contributed by atoms with Crippen molar-refractivity contribution in [3.63, 3.8) is 0 Å². The fourth-order valence-electron chi connectivity index (χ4n) is 8.90. The number of aromatic nitrogens is 1. The molecule has 2 aromatic carbocycles. The molecule has 4 aliphatic rings. The van der Waals surface area contributed by atoms with Gasteiger partial charge >= 0.3 is 6.03 Å². The van der Waals surface area contributed by atoms with E-state index in [0.717, 1.165) is 67.2 Å². The number of ketones is 1. The number of ether oxygens (including phenoxy) is 1. The molecule has 0 unspecified atom stereocenters. The van der Waals surface area contributed by atoms with E-state index in [1.165, 1.54) is 6.07 Å². The number of piperidine rings is 1. The predicted molar refractivity (Wildman–Crippen MR) is 263 cm³/mol. The number of nitrogens with zero attached hydrogens (tertiary/aromatic N) is 6. The van der Waals surface area contributed by atoms with Gasteiger partial charge in [0, 0.05) is 149 Å². The van der Waals surface area contributed by atoms with Crippen LogP contribution in [0.3, 0.4) is 0 Å². The number of hydrazone groups is 1. The van der Waals surface area contributed by atoms with E-state index < -0.39 is 5.82 Å². The van der Waals surface area contributed by atoms with Crippen molar-refractivity contribution in [2.75, 3.05) is 75.4 Å². The highest BCUT2D eigenvalue weighted by Crippen LogP contribution is 2.47. The number of urea groups is 1. The number of rotatable bonds is 19. The Balaban J connectivity index is 0.746. The highest BCUT2D eigenvalue weighted by atomic mass is 33.1. The number of hydrogen-bond acceptors (Lipinski definition) is 12. The number of amides is 5. The number of carbonyl (C=O) groups excluding carboxylic acids is 5. The molecule has 0 radical (unpaired) electrons. The Hall–Kier alpha value is -5.20. The van der Waals surface area contributed by atoms with Gasteiger partial charge in [-0.05, 0) is 88.3 Å². The van der Waals surface area contributed by atoms with E-state index in [1.807, 2.05) is 56.1 Å². The maximum atomic E-state index is 15.0. The molecule has 3 aromatic rings. The SMILES string of the molecule is CC(=O)CCCOc1ccc2c(c1)N(C)CC/C2=N\NC(=O)CC(C)(C)SSCCC(=O)N1CCN(C2CCN(C(=O)NCc3ccc(NC(=O)[C@H]4C[C@@H]4c4cccnc4)cc3F)CC2)CC1. The summed E-state index contributed by atoms with van der Waals surface area (Å²) < 4.78 is 20.5. The minimum atomic E-state index is -0.488. The third-order valence-electron chi connectivity index (χ3n) is 12.8. The van der Waals surface area contributed by atoms with Crippen LogP contribution in [0.2, 0.25) is 0 Å². The molecule has 0 spiro atoms. The summed E-state index contributed by atoms with van der Waals surface area (Å²) >= 11 is 0. The first-order valence-corrected chi connectivity index (χ1v) is 25.7. The highest BCUT2D eigenvalue weighted by Gasteiger charge is 2.44. The van der Waals surface area contributed by atoms with Crippen molar-refractivity contribution in [2.24, 2.45) is 11.0 Å². The van der Waals surface area contributed by atoms with E-state index in [0.29, 0.717) is 81.5 Å². The zero-order valence-corrected chi connectivity index (χ0v) is 40.7. The third-order valence-corrected chi connectivity index (χ3v) is 16.1. The van der Waals surface area contributed by atoms with Crippen LogP contribution in [0.25, 0.3) is 0 Å². The van der Waals surface area contributed by atoms with Crippen LogP contribution in [0.1, 0.15) is 94.7 Å². The Labute approximate surface area is 401 Å². The van der Waals surface area contributed by atoms with Crippen molar-refractivity contribution < 1.29 is 33.1 Å². The van der Waals surface area contributed by atoms with Crippen LogP contribution in [0.4, 0.5) is 20.6 Å². The lowest BCUT2D eigenvalue weighted by molar-refractivity contribution is -0.133. The summed E-state index contributed by atoms with van der Waals surface area (Å²) in [7, 11) is 5.24. The van der Waals surface area contributed by atoms with Gasteiger partial charge in [-0.1, -0.05) is 33.7 Å².